The van der Waals surface area contributed by atoms with Crippen molar-refractivity contribution in [2.45, 2.75) is 32.4 Å². The molecule has 0 saturated carbocycles. The summed E-state index contributed by atoms with van der Waals surface area (Å²) in [7, 11) is 0. The third kappa shape index (κ3) is 3.49. The van der Waals surface area contributed by atoms with Crippen molar-refractivity contribution in [3.05, 3.63) is 65.9 Å². The summed E-state index contributed by atoms with van der Waals surface area (Å²) >= 11 is 0. The van der Waals surface area contributed by atoms with Gasteiger partial charge in [-0.3, -0.25) is 0 Å². The van der Waals surface area contributed by atoms with Crippen LogP contribution in [0, 0.1) is 0 Å². The van der Waals surface area contributed by atoms with Crippen molar-refractivity contribution in [3.63, 3.8) is 0 Å². The minimum atomic E-state index is -0.211. The van der Waals surface area contributed by atoms with Crippen LogP contribution < -0.4 is 10.5 Å². The number of benzene rings is 2. The van der Waals surface area contributed by atoms with Crippen LogP contribution in [0.25, 0.3) is 10.9 Å². The Bertz CT molecular complexity index is 754. The van der Waals surface area contributed by atoms with Crippen molar-refractivity contribution >= 4 is 10.9 Å². The zero-order valence-electron chi connectivity index (χ0n) is 13.1. The van der Waals surface area contributed by atoms with E-state index in [1.54, 1.807) is 0 Å². The molecule has 114 valence electrons. The lowest BCUT2D eigenvalue weighted by Crippen LogP contribution is -2.34. The number of hydrogen-bond acceptors (Lipinski definition) is 2. The van der Waals surface area contributed by atoms with Gasteiger partial charge in [-0.25, -0.2) is 0 Å². The van der Waals surface area contributed by atoms with Crippen LogP contribution in [0.3, 0.4) is 0 Å². The van der Waals surface area contributed by atoms with Gasteiger partial charge in [0.05, 0.1) is 0 Å². The van der Waals surface area contributed by atoms with Crippen molar-refractivity contribution in [2.75, 3.05) is 0 Å². The van der Waals surface area contributed by atoms with Gasteiger partial charge < -0.3 is 15.5 Å². The normalized spacial score (nSPS) is 11.8. The molecule has 0 radical (unpaired) electrons. The second-order valence-electron chi connectivity index (χ2n) is 6.46. The first-order valence-corrected chi connectivity index (χ1v) is 7.57. The van der Waals surface area contributed by atoms with Crippen LogP contribution in [0.5, 0.6) is 5.75 Å². The first-order chi connectivity index (χ1) is 10.5. The molecular weight excluding hydrogens is 272 g/mol. The van der Waals surface area contributed by atoms with Crippen LogP contribution in [-0.2, 0) is 13.0 Å². The Labute approximate surface area is 131 Å². The van der Waals surface area contributed by atoms with Crippen LogP contribution >= 0.6 is 0 Å². The number of aromatic nitrogens is 1. The summed E-state index contributed by atoms with van der Waals surface area (Å²) in [6.07, 6.45) is 2.89. The molecule has 0 amide bonds. The number of hydrogen-bond donors (Lipinski definition) is 2. The zero-order valence-corrected chi connectivity index (χ0v) is 13.1. The van der Waals surface area contributed by atoms with Gasteiger partial charge in [0, 0.05) is 28.7 Å². The second kappa shape index (κ2) is 5.85. The molecule has 1 aromatic heterocycles. The monoisotopic (exact) mass is 294 g/mol. The van der Waals surface area contributed by atoms with Crippen molar-refractivity contribution in [1.29, 1.82) is 0 Å². The van der Waals surface area contributed by atoms with E-state index in [0.717, 1.165) is 17.7 Å². The molecule has 0 atom stereocenters. The first kappa shape index (κ1) is 14.7. The highest BCUT2D eigenvalue weighted by molar-refractivity contribution is 5.84. The summed E-state index contributed by atoms with van der Waals surface area (Å²) in [4.78, 5) is 3.31. The smallest absolute Gasteiger partial charge is 0.121 e. The van der Waals surface area contributed by atoms with E-state index in [-0.39, 0.29) is 5.54 Å². The van der Waals surface area contributed by atoms with Crippen molar-refractivity contribution in [3.8, 4) is 5.75 Å². The van der Waals surface area contributed by atoms with E-state index in [1.807, 2.05) is 50.4 Å². The number of H-pyrrole nitrogens is 1. The first-order valence-electron chi connectivity index (χ1n) is 7.57. The molecule has 0 bridgehead atoms. The highest BCUT2D eigenvalue weighted by Crippen LogP contribution is 2.26. The molecule has 3 rings (SSSR count). The van der Waals surface area contributed by atoms with Gasteiger partial charge in [-0.15, -0.1) is 0 Å². The maximum absolute atomic E-state index is 6.12. The van der Waals surface area contributed by atoms with Gasteiger partial charge >= 0.3 is 0 Å². The SMILES string of the molecule is CC(C)(N)Cc1c[nH]c2cc(OCc3ccccc3)ccc12. The Morgan fingerprint density at radius 2 is 1.86 bits per heavy atom. The molecule has 0 aliphatic carbocycles. The fraction of sp³-hybridized carbons (Fsp3) is 0.263. The van der Waals surface area contributed by atoms with E-state index in [0.29, 0.717) is 6.61 Å². The van der Waals surface area contributed by atoms with Crippen molar-refractivity contribution < 1.29 is 4.74 Å². The summed E-state index contributed by atoms with van der Waals surface area (Å²) in [5.41, 5.74) is 9.41. The number of nitrogens with two attached hydrogens (primary N) is 1. The molecule has 3 aromatic rings. The molecule has 0 aliphatic heterocycles. The van der Waals surface area contributed by atoms with E-state index < -0.39 is 0 Å². The van der Waals surface area contributed by atoms with Gasteiger partial charge in [0.25, 0.3) is 0 Å². The molecule has 3 N–H and O–H groups in total. The maximum Gasteiger partial charge on any atom is 0.121 e. The maximum atomic E-state index is 6.12. The van der Waals surface area contributed by atoms with Crippen LogP contribution in [-0.4, -0.2) is 10.5 Å². The summed E-state index contributed by atoms with van der Waals surface area (Å²) in [5, 5.41) is 1.21. The number of fused-ring (bicyclic) bond motifs is 1. The standard InChI is InChI=1S/C19H22N2O/c1-19(2,20)11-15-12-21-18-10-16(8-9-17(15)18)22-13-14-6-4-3-5-7-14/h3-10,12,21H,11,13,20H2,1-2H3. The molecule has 0 spiro atoms. The molecule has 0 aliphatic rings. The molecular formula is C19H22N2O. The van der Waals surface area contributed by atoms with E-state index in [1.165, 1.54) is 16.5 Å². The quantitative estimate of drug-likeness (QED) is 0.746. The largest absolute Gasteiger partial charge is 0.489 e. The fourth-order valence-corrected chi connectivity index (χ4v) is 2.63. The van der Waals surface area contributed by atoms with E-state index in [9.17, 15) is 0 Å². The molecule has 3 nitrogen and oxygen atoms in total. The fourth-order valence-electron chi connectivity index (χ4n) is 2.63. The lowest BCUT2D eigenvalue weighted by molar-refractivity contribution is 0.306. The van der Waals surface area contributed by atoms with Crippen LogP contribution in [0.15, 0.2) is 54.7 Å². The van der Waals surface area contributed by atoms with Gasteiger partial charge in [-0.2, -0.15) is 0 Å². The third-order valence-electron chi connectivity index (χ3n) is 3.63. The molecule has 0 saturated heterocycles. The predicted molar refractivity (Wildman–Crippen MR) is 91.0 cm³/mol. The molecule has 1 heterocycles. The average Bonchev–Trinajstić information content (AvgIpc) is 2.87. The summed E-state index contributed by atoms with van der Waals surface area (Å²) in [5.74, 6) is 0.872. The summed E-state index contributed by atoms with van der Waals surface area (Å²) in [6, 6.07) is 16.4. The average molecular weight is 294 g/mol. The van der Waals surface area contributed by atoms with Crippen molar-refractivity contribution in [1.82, 2.24) is 4.98 Å². The predicted octanol–water partition coefficient (Wildman–Crippen LogP) is 4.03. The lowest BCUT2D eigenvalue weighted by atomic mass is 9.96. The molecule has 0 unspecified atom stereocenters. The van der Waals surface area contributed by atoms with Gasteiger partial charge in [0.1, 0.15) is 12.4 Å². The van der Waals surface area contributed by atoms with E-state index >= 15 is 0 Å². The Kier molecular flexibility index (Phi) is 3.90. The van der Waals surface area contributed by atoms with Gasteiger partial charge in [-0.1, -0.05) is 30.3 Å². The minimum Gasteiger partial charge on any atom is -0.489 e. The van der Waals surface area contributed by atoms with Crippen LogP contribution in [0.2, 0.25) is 0 Å². The Hall–Kier alpha value is -2.26. The zero-order chi connectivity index (χ0) is 15.6. The van der Waals surface area contributed by atoms with E-state index in [4.69, 9.17) is 10.5 Å². The van der Waals surface area contributed by atoms with Crippen molar-refractivity contribution in [2.24, 2.45) is 5.73 Å². The molecule has 0 fully saturated rings. The summed E-state index contributed by atoms with van der Waals surface area (Å²) < 4.78 is 5.87. The molecule has 3 heteroatoms. The van der Waals surface area contributed by atoms with Gasteiger partial charge in [0.2, 0.25) is 0 Å². The second-order valence-corrected chi connectivity index (χ2v) is 6.46. The minimum absolute atomic E-state index is 0.211. The third-order valence-corrected chi connectivity index (χ3v) is 3.63. The van der Waals surface area contributed by atoms with Gasteiger partial charge in [0.15, 0.2) is 0 Å². The number of ether oxygens (including phenoxy) is 1. The summed E-state index contributed by atoms with van der Waals surface area (Å²) in [6.45, 7) is 4.67. The number of rotatable bonds is 5. The van der Waals surface area contributed by atoms with E-state index in [2.05, 4.69) is 23.2 Å². The molecule has 2 aromatic carbocycles. The highest BCUT2D eigenvalue weighted by atomic mass is 16.5. The number of nitrogens with one attached hydrogen (secondary N) is 1. The highest BCUT2D eigenvalue weighted by Gasteiger charge is 2.15. The van der Waals surface area contributed by atoms with Crippen LogP contribution in [0.4, 0.5) is 0 Å². The Morgan fingerprint density at radius 3 is 2.59 bits per heavy atom. The lowest BCUT2D eigenvalue weighted by Gasteiger charge is -2.17. The number of aromatic amines is 1. The van der Waals surface area contributed by atoms with Gasteiger partial charge in [-0.05, 0) is 43.5 Å². The Morgan fingerprint density at radius 1 is 1.09 bits per heavy atom. The topological polar surface area (TPSA) is 51.0 Å². The van der Waals surface area contributed by atoms with Crippen LogP contribution in [0.1, 0.15) is 25.0 Å². The molecule has 22 heavy (non-hydrogen) atoms. The Balaban J connectivity index is 1.76.